The molecule has 2 N–H and O–H groups in total. The van der Waals surface area contributed by atoms with Crippen molar-refractivity contribution in [1.82, 2.24) is 15.1 Å². The number of hydrogen-bond acceptors (Lipinski definition) is 4. The Hall–Kier alpha value is -3.19. The summed E-state index contributed by atoms with van der Waals surface area (Å²) in [5.41, 5.74) is 2.40. The minimum atomic E-state index is -0.667. The number of carbonyl (C=O) groups excluding carboxylic acids is 2. The molecule has 7 heteroatoms. The number of rotatable bonds is 2. The smallest absolute Gasteiger partial charge is 0.313 e. The van der Waals surface area contributed by atoms with Gasteiger partial charge in [0.05, 0.1) is 11.7 Å². The van der Waals surface area contributed by atoms with E-state index in [1.165, 1.54) is 9.60 Å². The van der Waals surface area contributed by atoms with E-state index in [9.17, 15) is 9.59 Å². The van der Waals surface area contributed by atoms with Gasteiger partial charge >= 0.3 is 11.8 Å². The molecule has 0 aliphatic carbocycles. The lowest BCUT2D eigenvalue weighted by atomic mass is 10.1. The highest BCUT2D eigenvalue weighted by Crippen LogP contribution is 2.38. The molecule has 4 aromatic rings. The number of likely N-dealkylation sites (N-methyl/N-ethyl adjacent to an activating group) is 1. The van der Waals surface area contributed by atoms with E-state index < -0.39 is 11.8 Å². The molecule has 130 valence electrons. The van der Waals surface area contributed by atoms with Crippen LogP contribution in [-0.4, -0.2) is 41.0 Å². The number of hydrogen-bond donors (Lipinski definition) is 2. The summed E-state index contributed by atoms with van der Waals surface area (Å²) in [5, 5.41) is 11.9. The lowest BCUT2D eigenvalue weighted by molar-refractivity contribution is -0.141. The molecule has 0 atom stereocenters. The van der Waals surface area contributed by atoms with Gasteiger partial charge in [0.1, 0.15) is 0 Å². The lowest BCUT2D eigenvalue weighted by Crippen LogP contribution is -2.34. The fraction of sp³-hybridized carbons (Fsp3) is 0.105. The number of amides is 2. The Morgan fingerprint density at radius 3 is 2.69 bits per heavy atom. The minimum absolute atomic E-state index is 0.562. The Bertz CT molecular complexity index is 1110. The van der Waals surface area contributed by atoms with Crippen molar-refractivity contribution >= 4 is 49.8 Å². The summed E-state index contributed by atoms with van der Waals surface area (Å²) in [4.78, 5) is 26.2. The molecule has 0 saturated carbocycles. The van der Waals surface area contributed by atoms with Crippen LogP contribution in [0.5, 0.6) is 0 Å². The molecule has 0 spiro atoms. The molecule has 2 amide bonds. The molecule has 0 fully saturated rings. The molecule has 0 bridgehead atoms. The summed E-state index contributed by atoms with van der Waals surface area (Å²) >= 11 is 1.67. The number of carbonyl (C=O) groups is 2. The molecule has 0 aliphatic heterocycles. The third kappa shape index (κ3) is 2.82. The number of nitrogens with zero attached hydrogens (tertiary/aromatic N) is 2. The van der Waals surface area contributed by atoms with Crippen LogP contribution >= 0.6 is 11.3 Å². The first-order valence-electron chi connectivity index (χ1n) is 8.01. The van der Waals surface area contributed by atoms with E-state index >= 15 is 0 Å². The highest BCUT2D eigenvalue weighted by atomic mass is 32.1. The van der Waals surface area contributed by atoms with E-state index in [-0.39, 0.29) is 0 Å². The predicted octanol–water partition coefficient (Wildman–Crippen LogP) is 3.47. The Morgan fingerprint density at radius 2 is 1.92 bits per heavy atom. The van der Waals surface area contributed by atoms with Crippen LogP contribution in [0.25, 0.3) is 31.4 Å². The van der Waals surface area contributed by atoms with Gasteiger partial charge in [-0.05, 0) is 29.7 Å². The quantitative estimate of drug-likeness (QED) is 0.535. The maximum atomic E-state index is 12.1. The minimum Gasteiger partial charge on any atom is -0.341 e. The molecule has 0 radical (unpaired) electrons. The Labute approximate surface area is 153 Å². The van der Waals surface area contributed by atoms with E-state index in [0.717, 1.165) is 26.7 Å². The van der Waals surface area contributed by atoms with Gasteiger partial charge in [0, 0.05) is 40.3 Å². The molecule has 0 aliphatic rings. The van der Waals surface area contributed by atoms with Crippen molar-refractivity contribution in [2.24, 2.45) is 0 Å². The van der Waals surface area contributed by atoms with Crippen LogP contribution in [0.1, 0.15) is 0 Å². The average molecular weight is 364 g/mol. The van der Waals surface area contributed by atoms with Crippen LogP contribution in [0.3, 0.4) is 0 Å². The average Bonchev–Trinajstić information content (AvgIpc) is 3.26. The van der Waals surface area contributed by atoms with Crippen molar-refractivity contribution in [2.75, 3.05) is 19.4 Å². The van der Waals surface area contributed by atoms with Gasteiger partial charge in [0.2, 0.25) is 0 Å². The van der Waals surface area contributed by atoms with E-state index in [2.05, 4.69) is 33.7 Å². The van der Waals surface area contributed by atoms with Crippen molar-refractivity contribution < 1.29 is 9.59 Å². The SMILES string of the molecule is CN(C)C(=O)C(=O)Nc1cc(-c2cc3ccccc3s2)c2[nH]ncc2c1. The molecule has 2 heterocycles. The van der Waals surface area contributed by atoms with Gasteiger partial charge in [0.25, 0.3) is 0 Å². The second-order valence-electron chi connectivity index (χ2n) is 6.16. The number of aromatic amines is 1. The zero-order valence-corrected chi connectivity index (χ0v) is 15.1. The maximum absolute atomic E-state index is 12.1. The zero-order chi connectivity index (χ0) is 18.3. The Balaban J connectivity index is 1.80. The van der Waals surface area contributed by atoms with Crippen LogP contribution in [0.2, 0.25) is 0 Å². The number of H-pyrrole nitrogens is 1. The van der Waals surface area contributed by atoms with Crippen molar-refractivity contribution in [3.63, 3.8) is 0 Å². The third-order valence-corrected chi connectivity index (χ3v) is 5.25. The maximum Gasteiger partial charge on any atom is 0.313 e. The summed E-state index contributed by atoms with van der Waals surface area (Å²) in [6.07, 6.45) is 1.70. The van der Waals surface area contributed by atoms with E-state index in [1.807, 2.05) is 18.2 Å². The van der Waals surface area contributed by atoms with Crippen LogP contribution in [0.15, 0.2) is 48.7 Å². The first-order chi connectivity index (χ1) is 12.5. The summed E-state index contributed by atoms with van der Waals surface area (Å²) in [7, 11) is 3.09. The number of thiophene rings is 1. The number of nitrogens with one attached hydrogen (secondary N) is 2. The summed E-state index contributed by atoms with van der Waals surface area (Å²) < 4.78 is 1.19. The zero-order valence-electron chi connectivity index (χ0n) is 14.2. The van der Waals surface area contributed by atoms with E-state index in [1.54, 1.807) is 37.7 Å². The summed E-state index contributed by atoms with van der Waals surface area (Å²) in [5.74, 6) is -1.26. The van der Waals surface area contributed by atoms with Crippen molar-refractivity contribution in [3.05, 3.63) is 48.7 Å². The van der Waals surface area contributed by atoms with Gasteiger partial charge in [-0.25, -0.2) is 0 Å². The fourth-order valence-corrected chi connectivity index (χ4v) is 3.91. The molecule has 0 unspecified atom stereocenters. The molecule has 2 aromatic carbocycles. The number of benzene rings is 2. The molecule has 4 rings (SSSR count). The van der Waals surface area contributed by atoms with Gasteiger partial charge in [0.15, 0.2) is 0 Å². The largest absolute Gasteiger partial charge is 0.341 e. The predicted molar refractivity (Wildman–Crippen MR) is 104 cm³/mol. The summed E-state index contributed by atoms with van der Waals surface area (Å²) in [6.45, 7) is 0. The molecule has 2 aromatic heterocycles. The van der Waals surface area contributed by atoms with Crippen LogP contribution < -0.4 is 5.32 Å². The normalized spacial score (nSPS) is 11.0. The van der Waals surface area contributed by atoms with Crippen molar-refractivity contribution in [2.45, 2.75) is 0 Å². The topological polar surface area (TPSA) is 78.1 Å². The second kappa shape index (κ2) is 6.27. The van der Waals surface area contributed by atoms with Gasteiger partial charge in [-0.15, -0.1) is 11.3 Å². The van der Waals surface area contributed by atoms with Gasteiger partial charge < -0.3 is 10.2 Å². The Kier molecular flexibility index (Phi) is 3.93. The van der Waals surface area contributed by atoms with Crippen LogP contribution in [0, 0.1) is 0 Å². The number of aromatic nitrogens is 2. The lowest BCUT2D eigenvalue weighted by Gasteiger charge is -2.11. The van der Waals surface area contributed by atoms with Crippen molar-refractivity contribution in [3.8, 4) is 10.4 Å². The molecule has 26 heavy (non-hydrogen) atoms. The van der Waals surface area contributed by atoms with E-state index in [4.69, 9.17) is 0 Å². The molecule has 0 saturated heterocycles. The van der Waals surface area contributed by atoms with Crippen LogP contribution in [-0.2, 0) is 9.59 Å². The first-order valence-corrected chi connectivity index (χ1v) is 8.83. The highest BCUT2D eigenvalue weighted by molar-refractivity contribution is 7.22. The molecular formula is C19H16N4O2S. The van der Waals surface area contributed by atoms with Crippen molar-refractivity contribution in [1.29, 1.82) is 0 Å². The molecule has 6 nitrogen and oxygen atoms in total. The Morgan fingerprint density at radius 1 is 1.12 bits per heavy atom. The van der Waals surface area contributed by atoms with Gasteiger partial charge in [-0.1, -0.05) is 18.2 Å². The van der Waals surface area contributed by atoms with Gasteiger partial charge in [-0.2, -0.15) is 5.10 Å². The fourth-order valence-electron chi connectivity index (χ4n) is 2.83. The highest BCUT2D eigenvalue weighted by Gasteiger charge is 2.18. The standard InChI is InChI=1S/C19H16N4O2S/c1-23(2)19(25)18(24)21-13-7-12-10-20-22-17(12)14(9-13)16-8-11-5-3-4-6-15(11)26-16/h3-10H,1-2H3,(H,20,22)(H,21,24). The first kappa shape index (κ1) is 16.3. The summed E-state index contributed by atoms with van der Waals surface area (Å²) in [6, 6.07) is 14.0. The number of fused-ring (bicyclic) bond motifs is 2. The third-order valence-electron chi connectivity index (χ3n) is 4.10. The van der Waals surface area contributed by atoms with Gasteiger partial charge in [-0.3, -0.25) is 14.7 Å². The monoisotopic (exact) mass is 364 g/mol. The number of anilines is 1. The van der Waals surface area contributed by atoms with E-state index in [0.29, 0.717) is 5.69 Å². The van der Waals surface area contributed by atoms with Crippen LogP contribution in [0.4, 0.5) is 5.69 Å². The second-order valence-corrected chi connectivity index (χ2v) is 7.24. The molecular weight excluding hydrogens is 348 g/mol.